The van der Waals surface area contributed by atoms with E-state index >= 15 is 0 Å². The van der Waals surface area contributed by atoms with Gasteiger partial charge in [0.25, 0.3) is 5.56 Å². The molecule has 5 aromatic rings. The summed E-state index contributed by atoms with van der Waals surface area (Å²) in [5.41, 5.74) is 5.38. The minimum Gasteiger partial charge on any atom is -0.444 e. The maximum atomic E-state index is 12.8. The van der Waals surface area contributed by atoms with Crippen LogP contribution in [0, 0.1) is 0 Å². The quantitative estimate of drug-likeness (QED) is 0.236. The molecule has 1 aliphatic carbocycles. The number of hydrogen-bond acceptors (Lipinski definition) is 4. The van der Waals surface area contributed by atoms with Crippen LogP contribution in [0.25, 0.3) is 33.8 Å². The minimum atomic E-state index is -0.510. The number of rotatable bonds is 7. The number of hydrogen-bond donors (Lipinski definition) is 1. The molecule has 0 bridgehead atoms. The van der Waals surface area contributed by atoms with E-state index in [2.05, 4.69) is 46.1 Å². The summed E-state index contributed by atoms with van der Waals surface area (Å²) in [6.45, 7) is 5.86. The molecule has 7 nitrogen and oxygen atoms in total. The smallest absolute Gasteiger partial charge is 0.408 e. The fourth-order valence-electron chi connectivity index (χ4n) is 5.40. The van der Waals surface area contributed by atoms with Crippen LogP contribution >= 0.6 is 0 Å². The average molecular weight is 547 g/mol. The summed E-state index contributed by atoms with van der Waals surface area (Å²) in [7, 11) is 0. The van der Waals surface area contributed by atoms with Gasteiger partial charge in [0.1, 0.15) is 11.2 Å². The first-order chi connectivity index (χ1) is 19.8. The molecule has 41 heavy (non-hydrogen) atoms. The second-order valence-corrected chi connectivity index (χ2v) is 11.3. The molecule has 7 heteroatoms. The number of ether oxygens (including phenoxy) is 1. The molecular weight excluding hydrogens is 512 g/mol. The second-order valence-electron chi connectivity index (χ2n) is 11.3. The molecule has 1 fully saturated rings. The van der Waals surface area contributed by atoms with Gasteiger partial charge in [-0.1, -0.05) is 67.6 Å². The summed E-state index contributed by atoms with van der Waals surface area (Å²) in [5.74, 6) is 0. The van der Waals surface area contributed by atoms with E-state index in [1.165, 1.54) is 0 Å². The molecule has 3 aromatic heterocycles. The highest BCUT2D eigenvalue weighted by Crippen LogP contribution is 2.42. The van der Waals surface area contributed by atoms with E-state index in [4.69, 9.17) is 9.72 Å². The second kappa shape index (κ2) is 10.4. The van der Waals surface area contributed by atoms with Crippen molar-refractivity contribution >= 4 is 11.7 Å². The van der Waals surface area contributed by atoms with Gasteiger partial charge in [0.05, 0.1) is 22.6 Å². The third-order valence-corrected chi connectivity index (χ3v) is 8.24. The van der Waals surface area contributed by atoms with E-state index in [1.54, 1.807) is 22.9 Å². The van der Waals surface area contributed by atoms with Gasteiger partial charge in [-0.05, 0) is 57.2 Å². The molecule has 1 N–H and O–H groups in total. The Morgan fingerprint density at radius 2 is 1.68 bits per heavy atom. The van der Waals surface area contributed by atoms with Gasteiger partial charge in [-0.2, -0.15) is 0 Å². The van der Waals surface area contributed by atoms with E-state index in [-0.39, 0.29) is 11.7 Å². The van der Waals surface area contributed by atoms with Crippen molar-refractivity contribution in [3.63, 3.8) is 0 Å². The molecule has 0 atom stereocenters. The monoisotopic (exact) mass is 546 g/mol. The van der Waals surface area contributed by atoms with Gasteiger partial charge in [0.2, 0.25) is 0 Å². The summed E-state index contributed by atoms with van der Waals surface area (Å²) >= 11 is 0. The number of amides is 1. The lowest BCUT2D eigenvalue weighted by Gasteiger charge is -2.43. The van der Waals surface area contributed by atoms with E-state index in [1.807, 2.05) is 63.4 Å². The topological polar surface area (TPSA) is 77.6 Å². The summed E-state index contributed by atoms with van der Waals surface area (Å²) in [5, 5.41) is 3.17. The van der Waals surface area contributed by atoms with E-state index in [0.717, 1.165) is 65.1 Å². The van der Waals surface area contributed by atoms with E-state index in [0.29, 0.717) is 0 Å². The molecule has 0 aliphatic heterocycles. The van der Waals surface area contributed by atoms with Crippen molar-refractivity contribution in [1.29, 1.82) is 0 Å². The third-order valence-electron chi connectivity index (χ3n) is 8.24. The molecule has 3 heterocycles. The summed E-state index contributed by atoms with van der Waals surface area (Å²) in [4.78, 5) is 30.3. The number of fused-ring (bicyclic) bond motifs is 1. The Labute approximate surface area is 239 Å². The lowest BCUT2D eigenvalue weighted by atomic mass is 9.71. The fourth-order valence-corrected chi connectivity index (χ4v) is 5.40. The zero-order valence-electron chi connectivity index (χ0n) is 23.6. The lowest BCUT2D eigenvalue weighted by molar-refractivity contribution is 0.0236. The van der Waals surface area contributed by atoms with Crippen molar-refractivity contribution in [3.8, 4) is 28.2 Å². The Hall–Kier alpha value is -4.65. The Kier molecular flexibility index (Phi) is 6.73. The standard InChI is InChI=1S/C34H34N4O3/c1-4-33(2,3)41-32(40)36-34(19-10-20-34)26-16-14-24(15-17-26)30-31(25-11-6-5-7-12-25)38-22-18-27(23-28(38)35-30)37-21-9-8-13-29(37)39/h5-9,11-18,21-23H,4,10,19-20H2,1-3H3,(H,36,40). The number of imidazole rings is 1. The number of benzene rings is 2. The highest BCUT2D eigenvalue weighted by molar-refractivity contribution is 5.82. The summed E-state index contributed by atoms with van der Waals surface area (Å²) in [6, 6.07) is 27.5. The van der Waals surface area contributed by atoms with Crippen LogP contribution in [-0.2, 0) is 10.3 Å². The largest absolute Gasteiger partial charge is 0.444 e. The van der Waals surface area contributed by atoms with Crippen LogP contribution in [-0.4, -0.2) is 25.6 Å². The molecule has 0 radical (unpaired) electrons. The van der Waals surface area contributed by atoms with Crippen LogP contribution in [0.1, 0.15) is 52.0 Å². The highest BCUT2D eigenvalue weighted by atomic mass is 16.6. The Balaban J connectivity index is 1.38. The van der Waals surface area contributed by atoms with Crippen LogP contribution in [0.2, 0.25) is 0 Å². The molecule has 1 amide bonds. The van der Waals surface area contributed by atoms with E-state index in [9.17, 15) is 9.59 Å². The van der Waals surface area contributed by atoms with E-state index < -0.39 is 11.1 Å². The Morgan fingerprint density at radius 1 is 0.951 bits per heavy atom. The number of alkyl carbamates (subject to hydrolysis) is 1. The average Bonchev–Trinajstić information content (AvgIpc) is 3.34. The van der Waals surface area contributed by atoms with Gasteiger partial charge in [0, 0.05) is 35.7 Å². The summed E-state index contributed by atoms with van der Waals surface area (Å²) in [6.07, 6.45) is 6.90. The molecule has 0 saturated heterocycles. The molecule has 0 spiro atoms. The van der Waals surface area contributed by atoms with Crippen LogP contribution in [0.5, 0.6) is 0 Å². The molecular formula is C34H34N4O3. The Morgan fingerprint density at radius 3 is 2.34 bits per heavy atom. The zero-order valence-corrected chi connectivity index (χ0v) is 23.6. The van der Waals surface area contributed by atoms with Gasteiger partial charge in [0.15, 0.2) is 0 Å². The first-order valence-corrected chi connectivity index (χ1v) is 14.2. The normalized spacial score (nSPS) is 14.4. The fraction of sp³-hybridized carbons (Fsp3) is 0.265. The molecule has 1 saturated carbocycles. The van der Waals surface area contributed by atoms with Gasteiger partial charge < -0.3 is 10.1 Å². The highest BCUT2D eigenvalue weighted by Gasteiger charge is 2.41. The number of carbonyl (C=O) groups is 1. The molecule has 208 valence electrons. The predicted octanol–water partition coefficient (Wildman–Crippen LogP) is 7.11. The Bertz CT molecular complexity index is 1760. The van der Waals surface area contributed by atoms with Gasteiger partial charge >= 0.3 is 6.09 Å². The van der Waals surface area contributed by atoms with Crippen LogP contribution in [0.15, 0.2) is 102 Å². The van der Waals surface area contributed by atoms with Crippen molar-refractivity contribution in [3.05, 3.63) is 113 Å². The number of pyridine rings is 2. The van der Waals surface area contributed by atoms with Gasteiger partial charge in [-0.15, -0.1) is 0 Å². The van der Waals surface area contributed by atoms with Crippen LogP contribution < -0.4 is 10.9 Å². The third kappa shape index (κ3) is 5.04. The molecule has 2 aromatic carbocycles. The van der Waals surface area contributed by atoms with Crippen molar-refractivity contribution in [2.24, 2.45) is 0 Å². The van der Waals surface area contributed by atoms with Crippen molar-refractivity contribution < 1.29 is 9.53 Å². The number of nitrogens with one attached hydrogen (secondary N) is 1. The van der Waals surface area contributed by atoms with Crippen molar-refractivity contribution in [2.45, 2.75) is 57.6 Å². The van der Waals surface area contributed by atoms with Crippen molar-refractivity contribution in [2.75, 3.05) is 0 Å². The first-order valence-electron chi connectivity index (χ1n) is 14.2. The lowest BCUT2D eigenvalue weighted by Crippen LogP contribution is -2.52. The van der Waals surface area contributed by atoms with Crippen LogP contribution in [0.4, 0.5) is 4.79 Å². The number of carbonyl (C=O) groups excluding carboxylic acids is 1. The van der Waals surface area contributed by atoms with Crippen molar-refractivity contribution in [1.82, 2.24) is 19.3 Å². The summed E-state index contributed by atoms with van der Waals surface area (Å²) < 4.78 is 9.38. The maximum absolute atomic E-state index is 12.8. The number of aromatic nitrogens is 3. The minimum absolute atomic E-state index is 0.0943. The zero-order chi connectivity index (χ0) is 28.6. The molecule has 0 unspecified atom stereocenters. The van der Waals surface area contributed by atoms with Gasteiger partial charge in [-0.3, -0.25) is 13.8 Å². The number of nitrogens with zero attached hydrogens (tertiary/aromatic N) is 3. The first kappa shape index (κ1) is 26.6. The van der Waals surface area contributed by atoms with Gasteiger partial charge in [-0.25, -0.2) is 9.78 Å². The molecule has 1 aliphatic rings. The molecule has 6 rings (SSSR count). The maximum Gasteiger partial charge on any atom is 0.408 e. The predicted molar refractivity (Wildman–Crippen MR) is 161 cm³/mol. The van der Waals surface area contributed by atoms with Crippen LogP contribution in [0.3, 0.4) is 0 Å². The SMILES string of the molecule is CCC(C)(C)OC(=O)NC1(c2ccc(-c3nc4cc(-n5ccccc5=O)ccn4c3-c3ccccc3)cc2)CCC1.